The fourth-order valence-electron chi connectivity index (χ4n) is 2.69. The summed E-state index contributed by atoms with van der Waals surface area (Å²) in [6.07, 6.45) is 5.44. The summed E-state index contributed by atoms with van der Waals surface area (Å²) in [5.41, 5.74) is 3.31. The molecule has 1 saturated carbocycles. The molecule has 0 aliphatic heterocycles. The molecule has 0 saturated heterocycles. The van der Waals surface area contributed by atoms with Crippen molar-refractivity contribution in [3.05, 3.63) is 29.3 Å². The number of aryl methyl sites for hydroxylation is 1. The van der Waals surface area contributed by atoms with Gasteiger partial charge in [-0.2, -0.15) is 0 Å². The fraction of sp³-hybridized carbons (Fsp3) is 0.500. The SMILES string of the molecule is Cc1cccc(NC(=S)NC(=O)CC2CCCC2)c1C. The molecule has 2 N–H and O–H groups in total. The van der Waals surface area contributed by atoms with Crippen LogP contribution in [0.1, 0.15) is 43.2 Å². The molecule has 108 valence electrons. The number of amides is 1. The first-order chi connectivity index (χ1) is 9.56. The van der Waals surface area contributed by atoms with Crippen LogP contribution in [0.2, 0.25) is 0 Å². The quantitative estimate of drug-likeness (QED) is 0.834. The molecule has 1 fully saturated rings. The van der Waals surface area contributed by atoms with Gasteiger partial charge in [0.2, 0.25) is 5.91 Å². The number of nitrogens with one attached hydrogen (secondary N) is 2. The Bertz CT molecular complexity index is 507. The summed E-state index contributed by atoms with van der Waals surface area (Å²) in [5, 5.41) is 6.28. The number of benzene rings is 1. The standard InChI is InChI=1S/C16H22N2OS/c1-11-6-5-9-14(12(11)2)17-16(20)18-15(19)10-13-7-3-4-8-13/h5-6,9,13H,3-4,7-8,10H2,1-2H3,(H2,17,18,19,20). The molecule has 1 aliphatic carbocycles. The second-order valence-corrected chi connectivity index (χ2v) is 6.01. The normalized spacial score (nSPS) is 15.1. The van der Waals surface area contributed by atoms with Crippen molar-refractivity contribution in [1.82, 2.24) is 5.32 Å². The summed E-state index contributed by atoms with van der Waals surface area (Å²) in [5.74, 6) is 0.568. The Hall–Kier alpha value is -1.42. The molecule has 20 heavy (non-hydrogen) atoms. The van der Waals surface area contributed by atoms with E-state index >= 15 is 0 Å². The first-order valence-corrected chi connectivity index (χ1v) is 7.64. The van der Waals surface area contributed by atoms with Crippen molar-refractivity contribution in [3.63, 3.8) is 0 Å². The summed E-state index contributed by atoms with van der Waals surface area (Å²) >= 11 is 5.21. The first-order valence-electron chi connectivity index (χ1n) is 7.23. The molecule has 1 aliphatic rings. The Morgan fingerprint density at radius 2 is 2.00 bits per heavy atom. The second kappa shape index (κ2) is 6.84. The Morgan fingerprint density at radius 1 is 1.30 bits per heavy atom. The molecule has 0 radical (unpaired) electrons. The van der Waals surface area contributed by atoms with E-state index in [0.29, 0.717) is 17.5 Å². The number of hydrogen-bond donors (Lipinski definition) is 2. The molecule has 0 atom stereocenters. The van der Waals surface area contributed by atoms with Gasteiger partial charge in [0.05, 0.1) is 0 Å². The third-order valence-electron chi connectivity index (χ3n) is 4.05. The molecule has 0 aromatic heterocycles. The predicted octanol–water partition coefficient (Wildman–Crippen LogP) is 3.70. The molecule has 2 rings (SSSR count). The van der Waals surface area contributed by atoms with Gasteiger partial charge in [0.15, 0.2) is 5.11 Å². The van der Waals surface area contributed by atoms with Gasteiger partial charge in [-0.15, -0.1) is 0 Å². The lowest BCUT2D eigenvalue weighted by atomic mass is 10.0. The molecule has 3 nitrogen and oxygen atoms in total. The molecule has 0 unspecified atom stereocenters. The summed E-state index contributed by atoms with van der Waals surface area (Å²) in [4.78, 5) is 11.9. The van der Waals surface area contributed by atoms with Gasteiger partial charge in [0, 0.05) is 12.1 Å². The van der Waals surface area contributed by atoms with Crippen molar-refractivity contribution in [2.75, 3.05) is 5.32 Å². The molecule has 0 bridgehead atoms. The lowest BCUT2D eigenvalue weighted by Gasteiger charge is -2.14. The maximum atomic E-state index is 11.9. The minimum absolute atomic E-state index is 0.0275. The minimum Gasteiger partial charge on any atom is -0.332 e. The van der Waals surface area contributed by atoms with Crippen LogP contribution in [0.4, 0.5) is 5.69 Å². The Kier molecular flexibility index (Phi) is 5.12. The third-order valence-corrected chi connectivity index (χ3v) is 4.26. The van der Waals surface area contributed by atoms with E-state index in [4.69, 9.17) is 12.2 Å². The maximum Gasteiger partial charge on any atom is 0.226 e. The van der Waals surface area contributed by atoms with Crippen LogP contribution in [0.25, 0.3) is 0 Å². The average molecular weight is 290 g/mol. The predicted molar refractivity (Wildman–Crippen MR) is 86.9 cm³/mol. The summed E-state index contributed by atoms with van der Waals surface area (Å²) < 4.78 is 0. The van der Waals surface area contributed by atoms with Crippen LogP contribution < -0.4 is 10.6 Å². The van der Waals surface area contributed by atoms with Crippen LogP contribution in [0.5, 0.6) is 0 Å². The highest BCUT2D eigenvalue weighted by Gasteiger charge is 2.18. The fourth-order valence-corrected chi connectivity index (χ4v) is 2.92. The van der Waals surface area contributed by atoms with Gasteiger partial charge in [0.25, 0.3) is 0 Å². The number of thiocarbonyl (C=S) groups is 1. The van der Waals surface area contributed by atoms with E-state index in [9.17, 15) is 4.79 Å². The van der Waals surface area contributed by atoms with Crippen LogP contribution >= 0.6 is 12.2 Å². The van der Waals surface area contributed by atoms with Gasteiger partial charge >= 0.3 is 0 Å². The van der Waals surface area contributed by atoms with Crippen LogP contribution in [0.15, 0.2) is 18.2 Å². The Balaban J connectivity index is 1.85. The highest BCUT2D eigenvalue weighted by Crippen LogP contribution is 2.27. The Labute approximate surface area is 126 Å². The smallest absolute Gasteiger partial charge is 0.226 e. The van der Waals surface area contributed by atoms with Crippen molar-refractivity contribution < 1.29 is 4.79 Å². The van der Waals surface area contributed by atoms with Gasteiger partial charge < -0.3 is 10.6 Å². The van der Waals surface area contributed by atoms with Gasteiger partial charge in [-0.25, -0.2) is 0 Å². The van der Waals surface area contributed by atoms with Gasteiger partial charge in [-0.3, -0.25) is 4.79 Å². The van der Waals surface area contributed by atoms with E-state index in [1.807, 2.05) is 19.1 Å². The molecule has 1 aromatic carbocycles. The number of rotatable bonds is 3. The van der Waals surface area contributed by atoms with E-state index < -0.39 is 0 Å². The topological polar surface area (TPSA) is 41.1 Å². The Morgan fingerprint density at radius 3 is 2.70 bits per heavy atom. The molecule has 0 spiro atoms. The summed E-state index contributed by atoms with van der Waals surface area (Å²) in [7, 11) is 0. The second-order valence-electron chi connectivity index (χ2n) is 5.60. The molecular weight excluding hydrogens is 268 g/mol. The lowest BCUT2D eigenvalue weighted by Crippen LogP contribution is -2.35. The zero-order valence-electron chi connectivity index (χ0n) is 12.2. The van der Waals surface area contributed by atoms with E-state index in [2.05, 4.69) is 23.6 Å². The van der Waals surface area contributed by atoms with Crippen molar-refractivity contribution in [1.29, 1.82) is 0 Å². The highest BCUT2D eigenvalue weighted by atomic mass is 32.1. The molecule has 1 aromatic rings. The van der Waals surface area contributed by atoms with Crippen LogP contribution in [-0.4, -0.2) is 11.0 Å². The average Bonchev–Trinajstić information content (AvgIpc) is 2.87. The molecule has 1 amide bonds. The van der Waals surface area contributed by atoms with Crippen molar-refractivity contribution in [2.24, 2.45) is 5.92 Å². The van der Waals surface area contributed by atoms with E-state index in [1.54, 1.807) is 0 Å². The lowest BCUT2D eigenvalue weighted by molar-refractivity contribution is -0.120. The number of hydrogen-bond acceptors (Lipinski definition) is 2. The summed E-state index contributed by atoms with van der Waals surface area (Å²) in [6, 6.07) is 6.01. The number of carbonyl (C=O) groups excluding carboxylic acids is 1. The van der Waals surface area contributed by atoms with Gasteiger partial charge in [0.1, 0.15) is 0 Å². The number of carbonyl (C=O) groups is 1. The first kappa shape index (κ1) is 15.0. The zero-order chi connectivity index (χ0) is 14.5. The minimum atomic E-state index is 0.0275. The van der Waals surface area contributed by atoms with Crippen LogP contribution in [0, 0.1) is 19.8 Å². The number of anilines is 1. The third kappa shape index (κ3) is 4.04. The molecular formula is C16H22N2OS. The van der Waals surface area contributed by atoms with Crippen molar-refractivity contribution in [3.8, 4) is 0 Å². The zero-order valence-corrected chi connectivity index (χ0v) is 13.0. The van der Waals surface area contributed by atoms with Crippen molar-refractivity contribution >= 4 is 28.9 Å². The monoisotopic (exact) mass is 290 g/mol. The largest absolute Gasteiger partial charge is 0.332 e. The van der Waals surface area contributed by atoms with Gasteiger partial charge in [-0.05, 0) is 62.0 Å². The van der Waals surface area contributed by atoms with Crippen LogP contribution in [0.3, 0.4) is 0 Å². The van der Waals surface area contributed by atoms with E-state index in [1.165, 1.54) is 31.2 Å². The van der Waals surface area contributed by atoms with E-state index in [-0.39, 0.29) is 5.91 Å². The van der Waals surface area contributed by atoms with Crippen molar-refractivity contribution in [2.45, 2.75) is 46.0 Å². The molecule has 0 heterocycles. The highest BCUT2D eigenvalue weighted by molar-refractivity contribution is 7.80. The van der Waals surface area contributed by atoms with E-state index in [0.717, 1.165) is 11.3 Å². The maximum absolute atomic E-state index is 11.9. The van der Waals surface area contributed by atoms with Gasteiger partial charge in [-0.1, -0.05) is 25.0 Å². The summed E-state index contributed by atoms with van der Waals surface area (Å²) in [6.45, 7) is 4.10. The van der Waals surface area contributed by atoms with Crippen LogP contribution in [-0.2, 0) is 4.79 Å². The molecule has 4 heteroatoms.